The Balaban J connectivity index is 2.03. The number of fused-ring (bicyclic) bond motifs is 1. The fourth-order valence-electron chi connectivity index (χ4n) is 2.54. The molecule has 1 aromatic carbocycles. The van der Waals surface area contributed by atoms with E-state index in [4.69, 9.17) is 5.84 Å². The van der Waals surface area contributed by atoms with Crippen LogP contribution in [-0.4, -0.2) is 28.1 Å². The molecule has 7 nitrogen and oxygen atoms in total. The van der Waals surface area contributed by atoms with Gasteiger partial charge in [-0.3, -0.25) is 10.2 Å². The lowest BCUT2D eigenvalue weighted by atomic mass is 9.97. The molecule has 1 aromatic heterocycles. The number of hydrazine groups is 1. The molecule has 1 aliphatic rings. The zero-order valence-corrected chi connectivity index (χ0v) is 11.9. The highest BCUT2D eigenvalue weighted by Crippen LogP contribution is 2.31. The number of nitrogens with two attached hydrogens (primary N) is 1. The van der Waals surface area contributed by atoms with Gasteiger partial charge in [-0.1, -0.05) is 6.07 Å². The molecule has 0 spiro atoms. The minimum absolute atomic E-state index is 0.145. The first-order chi connectivity index (χ1) is 10.1. The largest absolute Gasteiger partial charge is 0.315 e. The highest BCUT2D eigenvalue weighted by atomic mass is 16.2. The molecular formula is C14H16N6O. The van der Waals surface area contributed by atoms with Crippen LogP contribution < -0.4 is 16.2 Å². The van der Waals surface area contributed by atoms with Gasteiger partial charge in [-0.15, -0.1) is 10.2 Å². The average molecular weight is 284 g/mol. The number of benzene rings is 1. The number of nitrogens with zero attached hydrogens (tertiary/aromatic N) is 4. The number of nitrogen functional groups attached to an aromatic ring is 1. The van der Waals surface area contributed by atoms with Crippen LogP contribution in [0.1, 0.15) is 17.7 Å². The molecule has 0 bridgehead atoms. The first kappa shape index (κ1) is 13.4. The predicted octanol–water partition coefficient (Wildman–Crippen LogP) is 1.04. The summed E-state index contributed by atoms with van der Waals surface area (Å²) in [6.07, 6.45) is 1.28. The molecule has 0 radical (unpaired) electrons. The molecule has 2 aromatic rings. The molecule has 0 fully saturated rings. The first-order valence-corrected chi connectivity index (χ1v) is 6.68. The number of carbonyl (C=O) groups is 1. The Hall–Kier alpha value is -2.54. The number of carbonyl (C=O) groups excluding carboxylic acids is 1. The van der Waals surface area contributed by atoms with E-state index in [0.717, 1.165) is 34.6 Å². The van der Waals surface area contributed by atoms with Crippen molar-refractivity contribution in [1.82, 2.24) is 15.2 Å². The van der Waals surface area contributed by atoms with E-state index in [1.165, 1.54) is 0 Å². The summed E-state index contributed by atoms with van der Waals surface area (Å²) < 4.78 is 0. The van der Waals surface area contributed by atoms with Crippen molar-refractivity contribution in [2.45, 2.75) is 19.8 Å². The van der Waals surface area contributed by atoms with E-state index in [2.05, 4.69) is 20.6 Å². The molecule has 0 saturated carbocycles. The van der Waals surface area contributed by atoms with Gasteiger partial charge in [0.2, 0.25) is 5.91 Å². The van der Waals surface area contributed by atoms with Crippen LogP contribution in [0.2, 0.25) is 0 Å². The smallest absolute Gasteiger partial charge is 0.257 e. The number of rotatable bonds is 2. The van der Waals surface area contributed by atoms with Crippen molar-refractivity contribution >= 4 is 17.5 Å². The summed E-state index contributed by atoms with van der Waals surface area (Å²) in [7, 11) is 1.80. The molecule has 3 rings (SSSR count). The molecule has 7 heteroatoms. The van der Waals surface area contributed by atoms with Crippen LogP contribution in [0.5, 0.6) is 0 Å². The average Bonchev–Trinajstić information content (AvgIpc) is 2.50. The van der Waals surface area contributed by atoms with E-state index in [1.54, 1.807) is 11.9 Å². The molecule has 1 aliphatic heterocycles. The SMILES string of the molecule is Cc1nc(NN)nnc1-c1ccc2c(c1)CCC(=O)N2C. The highest BCUT2D eigenvalue weighted by molar-refractivity contribution is 5.96. The Labute approximate surface area is 122 Å². The fourth-order valence-corrected chi connectivity index (χ4v) is 2.54. The maximum absolute atomic E-state index is 11.7. The third-order valence-electron chi connectivity index (χ3n) is 3.69. The minimum atomic E-state index is 0.145. The van der Waals surface area contributed by atoms with E-state index in [9.17, 15) is 4.79 Å². The van der Waals surface area contributed by atoms with Gasteiger partial charge in [0, 0.05) is 24.7 Å². The number of hydrogen-bond donors (Lipinski definition) is 2. The van der Waals surface area contributed by atoms with Crippen LogP contribution >= 0.6 is 0 Å². The van der Waals surface area contributed by atoms with Crippen molar-refractivity contribution in [2.24, 2.45) is 5.84 Å². The number of aromatic nitrogens is 3. The van der Waals surface area contributed by atoms with Gasteiger partial charge in [0.05, 0.1) is 5.69 Å². The second-order valence-corrected chi connectivity index (χ2v) is 5.01. The number of anilines is 2. The van der Waals surface area contributed by atoms with Crippen molar-refractivity contribution in [3.8, 4) is 11.3 Å². The van der Waals surface area contributed by atoms with Gasteiger partial charge in [-0.05, 0) is 31.0 Å². The maximum Gasteiger partial charge on any atom is 0.257 e. The van der Waals surface area contributed by atoms with Crippen molar-refractivity contribution in [1.29, 1.82) is 0 Å². The van der Waals surface area contributed by atoms with Gasteiger partial charge in [-0.25, -0.2) is 10.8 Å². The standard InChI is InChI=1S/C14H16N6O/c1-8-13(18-19-14(16-8)17-15)10-3-5-11-9(7-10)4-6-12(21)20(11)2/h3,5,7H,4,6,15H2,1-2H3,(H,16,17,19). The Morgan fingerprint density at radius 3 is 2.81 bits per heavy atom. The Bertz CT molecular complexity index is 715. The van der Waals surface area contributed by atoms with Crippen LogP contribution in [-0.2, 0) is 11.2 Å². The van der Waals surface area contributed by atoms with Gasteiger partial charge in [0.25, 0.3) is 5.95 Å². The molecule has 3 N–H and O–H groups in total. The van der Waals surface area contributed by atoms with Gasteiger partial charge in [-0.2, -0.15) is 0 Å². The third-order valence-corrected chi connectivity index (χ3v) is 3.69. The number of hydrogen-bond acceptors (Lipinski definition) is 6. The summed E-state index contributed by atoms with van der Waals surface area (Å²) in [4.78, 5) is 17.6. The van der Waals surface area contributed by atoms with E-state index in [1.807, 2.05) is 25.1 Å². The fraction of sp³-hybridized carbons (Fsp3) is 0.286. The minimum Gasteiger partial charge on any atom is -0.315 e. The lowest BCUT2D eigenvalue weighted by molar-refractivity contribution is -0.118. The van der Waals surface area contributed by atoms with E-state index in [0.29, 0.717) is 12.4 Å². The topological polar surface area (TPSA) is 97.0 Å². The van der Waals surface area contributed by atoms with Crippen molar-refractivity contribution in [2.75, 3.05) is 17.4 Å². The summed E-state index contributed by atoms with van der Waals surface area (Å²) in [5.41, 5.74) is 6.88. The number of nitrogens with one attached hydrogen (secondary N) is 1. The summed E-state index contributed by atoms with van der Waals surface area (Å²) in [6.45, 7) is 1.86. The monoisotopic (exact) mass is 284 g/mol. The molecule has 1 amide bonds. The van der Waals surface area contributed by atoms with Crippen LogP contribution in [0.15, 0.2) is 18.2 Å². The van der Waals surface area contributed by atoms with Gasteiger partial charge in [0.1, 0.15) is 5.69 Å². The molecule has 0 aliphatic carbocycles. The van der Waals surface area contributed by atoms with Crippen molar-refractivity contribution in [3.63, 3.8) is 0 Å². The number of amides is 1. The van der Waals surface area contributed by atoms with E-state index < -0.39 is 0 Å². The predicted molar refractivity (Wildman–Crippen MR) is 79.5 cm³/mol. The van der Waals surface area contributed by atoms with Gasteiger partial charge < -0.3 is 4.90 Å². The Morgan fingerprint density at radius 2 is 2.10 bits per heavy atom. The summed E-state index contributed by atoms with van der Waals surface area (Å²) >= 11 is 0. The highest BCUT2D eigenvalue weighted by Gasteiger charge is 2.21. The lowest BCUT2D eigenvalue weighted by Gasteiger charge is -2.26. The van der Waals surface area contributed by atoms with Gasteiger partial charge >= 0.3 is 0 Å². The first-order valence-electron chi connectivity index (χ1n) is 6.68. The van der Waals surface area contributed by atoms with E-state index in [-0.39, 0.29) is 5.91 Å². The van der Waals surface area contributed by atoms with Crippen LogP contribution in [0.3, 0.4) is 0 Å². The zero-order valence-electron chi connectivity index (χ0n) is 11.9. The van der Waals surface area contributed by atoms with E-state index >= 15 is 0 Å². The van der Waals surface area contributed by atoms with Crippen molar-refractivity contribution < 1.29 is 4.79 Å². The lowest BCUT2D eigenvalue weighted by Crippen LogP contribution is -2.31. The number of aryl methyl sites for hydroxylation is 2. The molecule has 2 heterocycles. The Kier molecular flexibility index (Phi) is 3.26. The quantitative estimate of drug-likeness (QED) is 0.632. The molecule has 0 atom stereocenters. The molecular weight excluding hydrogens is 268 g/mol. The molecule has 0 saturated heterocycles. The Morgan fingerprint density at radius 1 is 1.29 bits per heavy atom. The second kappa shape index (κ2) is 5.10. The van der Waals surface area contributed by atoms with Crippen LogP contribution in [0, 0.1) is 6.92 Å². The van der Waals surface area contributed by atoms with Crippen LogP contribution in [0.4, 0.5) is 11.6 Å². The summed E-state index contributed by atoms with van der Waals surface area (Å²) in [5, 5.41) is 8.08. The van der Waals surface area contributed by atoms with Crippen molar-refractivity contribution in [3.05, 3.63) is 29.5 Å². The molecule has 108 valence electrons. The molecule has 0 unspecified atom stereocenters. The summed E-state index contributed by atoms with van der Waals surface area (Å²) in [6, 6.07) is 5.92. The third kappa shape index (κ3) is 2.31. The second-order valence-electron chi connectivity index (χ2n) is 5.01. The van der Waals surface area contributed by atoms with Gasteiger partial charge in [0.15, 0.2) is 0 Å². The molecule has 21 heavy (non-hydrogen) atoms. The zero-order chi connectivity index (χ0) is 15.0. The maximum atomic E-state index is 11.7. The normalized spacial score (nSPS) is 14.0. The summed E-state index contributed by atoms with van der Waals surface area (Å²) in [5.74, 6) is 5.71. The van der Waals surface area contributed by atoms with Crippen LogP contribution in [0.25, 0.3) is 11.3 Å².